The van der Waals surface area contributed by atoms with E-state index in [0.717, 1.165) is 4.68 Å². The van der Waals surface area contributed by atoms with Gasteiger partial charge < -0.3 is 18.9 Å². The number of aromatic nitrogens is 2. The van der Waals surface area contributed by atoms with E-state index in [0.29, 0.717) is 28.5 Å². The van der Waals surface area contributed by atoms with Crippen molar-refractivity contribution in [2.45, 2.75) is 13.0 Å². The Balaban J connectivity index is 2.59. The number of methoxy groups -OCH3 is 4. The molecule has 134 valence electrons. The lowest BCUT2D eigenvalue weighted by atomic mass is 10.1. The summed E-state index contributed by atoms with van der Waals surface area (Å²) in [5.74, 6) is 0.802. The van der Waals surface area contributed by atoms with Gasteiger partial charge in [0.05, 0.1) is 34.1 Å². The first kappa shape index (κ1) is 18.3. The van der Waals surface area contributed by atoms with Crippen molar-refractivity contribution in [2.24, 2.45) is 0 Å². The second-order valence-corrected chi connectivity index (χ2v) is 5.11. The van der Waals surface area contributed by atoms with Crippen LogP contribution in [-0.2, 0) is 9.53 Å². The van der Waals surface area contributed by atoms with Crippen LogP contribution in [0.25, 0.3) is 11.3 Å². The van der Waals surface area contributed by atoms with Crippen molar-refractivity contribution in [3.8, 4) is 28.5 Å². The van der Waals surface area contributed by atoms with Crippen LogP contribution in [0.3, 0.4) is 0 Å². The molecule has 2 aromatic rings. The van der Waals surface area contributed by atoms with Crippen molar-refractivity contribution in [3.63, 3.8) is 0 Å². The maximum Gasteiger partial charge on any atom is 0.330 e. The Morgan fingerprint density at radius 2 is 1.64 bits per heavy atom. The Hall–Kier alpha value is -3.03. The molecule has 25 heavy (non-hydrogen) atoms. The van der Waals surface area contributed by atoms with Crippen molar-refractivity contribution < 1.29 is 23.7 Å². The van der Waals surface area contributed by atoms with E-state index in [1.807, 2.05) is 0 Å². The van der Waals surface area contributed by atoms with Crippen LogP contribution in [0.1, 0.15) is 13.0 Å². The molecule has 0 aliphatic carbocycles. The second-order valence-electron chi connectivity index (χ2n) is 5.11. The number of carbonyl (C=O) groups is 1. The lowest BCUT2D eigenvalue weighted by molar-refractivity contribution is -0.144. The molecule has 8 nitrogen and oxygen atoms in total. The molecule has 8 heteroatoms. The minimum atomic E-state index is -0.848. The minimum absolute atomic E-state index is 0.408. The fourth-order valence-electron chi connectivity index (χ4n) is 2.36. The van der Waals surface area contributed by atoms with Gasteiger partial charge >= 0.3 is 5.97 Å². The molecule has 2 rings (SSSR count). The zero-order valence-electron chi connectivity index (χ0n) is 14.7. The van der Waals surface area contributed by atoms with E-state index in [1.54, 1.807) is 25.1 Å². The fraction of sp³-hybridized carbons (Fsp3) is 0.353. The standard InChI is InChI=1S/C17H20N2O6/c1-10(17(21)25-5)19-15(20)7-6-12(18-19)11-8-13(22-2)16(24-4)14(9-11)23-3/h6-10H,1-5H3/t10-/m1/s1. The van der Waals surface area contributed by atoms with Crippen molar-refractivity contribution in [2.75, 3.05) is 28.4 Å². The lowest BCUT2D eigenvalue weighted by Crippen LogP contribution is -2.30. The van der Waals surface area contributed by atoms with Gasteiger partial charge in [0.15, 0.2) is 17.5 Å². The van der Waals surface area contributed by atoms with Gasteiger partial charge in [0, 0.05) is 11.6 Å². The fourth-order valence-corrected chi connectivity index (χ4v) is 2.36. The Morgan fingerprint density at radius 1 is 1.04 bits per heavy atom. The molecule has 0 saturated heterocycles. The van der Waals surface area contributed by atoms with Crippen LogP contribution in [0.4, 0.5) is 0 Å². The summed E-state index contributed by atoms with van der Waals surface area (Å²) in [6.45, 7) is 1.54. The van der Waals surface area contributed by atoms with Gasteiger partial charge in [-0.25, -0.2) is 9.48 Å². The highest BCUT2D eigenvalue weighted by Crippen LogP contribution is 2.40. The molecule has 0 amide bonds. The SMILES string of the molecule is COC(=O)[C@@H](C)n1nc(-c2cc(OC)c(OC)c(OC)c2)ccc1=O. The topological polar surface area (TPSA) is 88.9 Å². The minimum Gasteiger partial charge on any atom is -0.493 e. The number of esters is 1. The van der Waals surface area contributed by atoms with Crippen LogP contribution in [0.15, 0.2) is 29.1 Å². The highest BCUT2D eigenvalue weighted by Gasteiger charge is 2.20. The first-order valence-electron chi connectivity index (χ1n) is 7.44. The van der Waals surface area contributed by atoms with E-state index in [4.69, 9.17) is 14.2 Å². The molecule has 1 aromatic heterocycles. The van der Waals surface area contributed by atoms with Crippen molar-refractivity contribution >= 4 is 5.97 Å². The summed E-state index contributed by atoms with van der Waals surface area (Å²) in [5, 5.41) is 4.27. The van der Waals surface area contributed by atoms with Gasteiger partial charge in [0.1, 0.15) is 0 Å². The highest BCUT2D eigenvalue weighted by molar-refractivity contribution is 5.73. The summed E-state index contributed by atoms with van der Waals surface area (Å²) in [4.78, 5) is 23.8. The third-order valence-electron chi connectivity index (χ3n) is 3.69. The zero-order chi connectivity index (χ0) is 18.6. The third-order valence-corrected chi connectivity index (χ3v) is 3.69. The molecule has 1 heterocycles. The van der Waals surface area contributed by atoms with Crippen molar-refractivity contribution in [1.29, 1.82) is 0 Å². The molecule has 1 aromatic carbocycles. The summed E-state index contributed by atoms with van der Waals surface area (Å²) in [7, 11) is 5.78. The predicted octanol–water partition coefficient (Wildman–Crippen LogP) is 1.67. The molecule has 0 aliphatic heterocycles. The van der Waals surface area contributed by atoms with Gasteiger partial charge in [-0.3, -0.25) is 4.79 Å². The van der Waals surface area contributed by atoms with Gasteiger partial charge in [0.25, 0.3) is 5.56 Å². The zero-order valence-corrected chi connectivity index (χ0v) is 14.7. The average Bonchev–Trinajstić information content (AvgIpc) is 2.65. The van der Waals surface area contributed by atoms with Gasteiger partial charge in [0.2, 0.25) is 5.75 Å². The molecule has 0 unspecified atom stereocenters. The Kier molecular flexibility index (Phi) is 5.63. The first-order chi connectivity index (χ1) is 12.0. The smallest absolute Gasteiger partial charge is 0.330 e. The van der Waals surface area contributed by atoms with Crippen LogP contribution in [-0.4, -0.2) is 44.2 Å². The maximum atomic E-state index is 12.0. The number of benzene rings is 1. The van der Waals surface area contributed by atoms with Crippen LogP contribution in [0.5, 0.6) is 17.2 Å². The molecule has 1 atom stereocenters. The number of hydrogen-bond donors (Lipinski definition) is 0. The molecule has 0 N–H and O–H groups in total. The monoisotopic (exact) mass is 348 g/mol. The lowest BCUT2D eigenvalue weighted by Gasteiger charge is -2.15. The highest BCUT2D eigenvalue weighted by atomic mass is 16.5. The van der Waals surface area contributed by atoms with Gasteiger partial charge in [-0.05, 0) is 25.1 Å². The Bertz CT molecular complexity index is 805. The number of nitrogens with zero attached hydrogens (tertiary/aromatic N) is 2. The second kappa shape index (κ2) is 7.69. The van der Waals surface area contributed by atoms with E-state index in [2.05, 4.69) is 9.84 Å². The van der Waals surface area contributed by atoms with Gasteiger partial charge in [-0.15, -0.1) is 0 Å². The predicted molar refractivity (Wildman–Crippen MR) is 90.3 cm³/mol. The Labute approximate surface area is 144 Å². The van der Waals surface area contributed by atoms with Crippen LogP contribution >= 0.6 is 0 Å². The first-order valence-corrected chi connectivity index (χ1v) is 7.44. The molecular weight excluding hydrogens is 328 g/mol. The van der Waals surface area contributed by atoms with Gasteiger partial charge in [-0.1, -0.05) is 0 Å². The summed E-state index contributed by atoms with van der Waals surface area (Å²) in [6, 6.07) is 5.47. The summed E-state index contributed by atoms with van der Waals surface area (Å²) >= 11 is 0. The number of carbonyl (C=O) groups excluding carboxylic acids is 1. The largest absolute Gasteiger partial charge is 0.493 e. The van der Waals surface area contributed by atoms with Gasteiger partial charge in [-0.2, -0.15) is 5.10 Å². The molecule has 0 spiro atoms. The summed E-state index contributed by atoms with van der Waals surface area (Å²) in [5.41, 5.74) is 0.698. The normalized spacial score (nSPS) is 11.6. The van der Waals surface area contributed by atoms with E-state index in [9.17, 15) is 9.59 Å². The molecule has 0 bridgehead atoms. The van der Waals surface area contributed by atoms with E-state index in [-0.39, 0.29) is 0 Å². The van der Waals surface area contributed by atoms with Crippen LogP contribution in [0, 0.1) is 0 Å². The van der Waals surface area contributed by atoms with E-state index >= 15 is 0 Å². The molecule has 0 saturated carbocycles. The third kappa shape index (κ3) is 3.57. The summed E-state index contributed by atoms with van der Waals surface area (Å²) < 4.78 is 21.7. The number of hydrogen-bond acceptors (Lipinski definition) is 7. The number of ether oxygens (including phenoxy) is 4. The van der Waals surface area contributed by atoms with Crippen molar-refractivity contribution in [3.05, 3.63) is 34.6 Å². The molecular formula is C17H20N2O6. The van der Waals surface area contributed by atoms with Crippen molar-refractivity contribution in [1.82, 2.24) is 9.78 Å². The molecule has 0 fully saturated rings. The summed E-state index contributed by atoms with van der Waals surface area (Å²) in [6.07, 6.45) is 0. The maximum absolute atomic E-state index is 12.0. The van der Waals surface area contributed by atoms with E-state index in [1.165, 1.54) is 34.5 Å². The van der Waals surface area contributed by atoms with E-state index < -0.39 is 17.6 Å². The quantitative estimate of drug-likeness (QED) is 0.734. The average molecular weight is 348 g/mol. The van der Waals surface area contributed by atoms with Crippen LogP contribution in [0.2, 0.25) is 0 Å². The van der Waals surface area contributed by atoms with Crippen LogP contribution < -0.4 is 19.8 Å². The number of rotatable bonds is 6. The Morgan fingerprint density at radius 3 is 2.12 bits per heavy atom. The molecule has 0 radical (unpaired) electrons. The molecule has 0 aliphatic rings.